The lowest BCUT2D eigenvalue weighted by Crippen LogP contribution is -2.08. The maximum Gasteiger partial charge on any atom is 0.258 e. The number of phenolic OH excluding ortho intramolecular Hbond substituents is 1. The van der Waals surface area contributed by atoms with Gasteiger partial charge in [0.15, 0.2) is 0 Å². The van der Waals surface area contributed by atoms with Gasteiger partial charge in [0.05, 0.1) is 17.8 Å². The zero-order chi connectivity index (χ0) is 19.6. The number of anilines is 1. The molecule has 0 spiro atoms. The van der Waals surface area contributed by atoms with Gasteiger partial charge in [-0.3, -0.25) is 19.6 Å². The summed E-state index contributed by atoms with van der Waals surface area (Å²) in [5.74, 6) is -0.597. The molecule has 0 saturated heterocycles. The fourth-order valence-corrected chi connectivity index (χ4v) is 3.01. The first-order valence-electron chi connectivity index (χ1n) is 7.99. The number of nitrogens with one attached hydrogen (secondary N) is 2. The number of aromatic hydroxyl groups is 2. The van der Waals surface area contributed by atoms with Gasteiger partial charge in [-0.2, -0.15) is 0 Å². The van der Waals surface area contributed by atoms with Gasteiger partial charge in [-0.1, -0.05) is 22.0 Å². The van der Waals surface area contributed by atoms with Gasteiger partial charge < -0.3 is 15.5 Å². The quantitative estimate of drug-likeness (QED) is 0.376. The van der Waals surface area contributed by atoms with Crippen LogP contribution in [0.2, 0.25) is 0 Å². The Hall–Kier alpha value is -3.13. The predicted molar refractivity (Wildman–Crippen MR) is 108 cm³/mol. The van der Waals surface area contributed by atoms with Crippen molar-refractivity contribution in [1.29, 1.82) is 0 Å². The number of nitrogens with zero attached hydrogens (tertiary/aromatic N) is 1. The van der Waals surface area contributed by atoms with Crippen LogP contribution in [-0.4, -0.2) is 27.3 Å². The molecule has 2 aromatic carbocycles. The van der Waals surface area contributed by atoms with Crippen molar-refractivity contribution in [2.24, 2.45) is 4.99 Å². The molecule has 7 nitrogen and oxygen atoms in total. The van der Waals surface area contributed by atoms with Crippen LogP contribution < -0.4 is 10.9 Å². The van der Waals surface area contributed by atoms with E-state index in [0.717, 1.165) is 4.47 Å². The lowest BCUT2D eigenvalue weighted by Gasteiger charge is -2.07. The SMILES string of the molecule is CC(=O)Nc1ccc(CN=Cc2c(O)[nH]c(=O)c3ccc(Br)cc23)cc1O. The molecule has 0 aliphatic rings. The van der Waals surface area contributed by atoms with E-state index in [2.05, 4.69) is 31.2 Å². The molecule has 1 amide bonds. The lowest BCUT2D eigenvalue weighted by atomic mass is 10.1. The smallest absolute Gasteiger partial charge is 0.258 e. The Balaban J connectivity index is 1.89. The highest BCUT2D eigenvalue weighted by molar-refractivity contribution is 9.10. The zero-order valence-corrected chi connectivity index (χ0v) is 15.9. The molecule has 0 atom stereocenters. The number of pyridine rings is 1. The van der Waals surface area contributed by atoms with Crippen LogP contribution in [0.15, 0.2) is 50.7 Å². The molecule has 0 aliphatic carbocycles. The molecule has 3 aromatic rings. The Morgan fingerprint density at radius 2 is 2.00 bits per heavy atom. The third kappa shape index (κ3) is 4.17. The Kier molecular flexibility index (Phi) is 5.27. The molecule has 1 aromatic heterocycles. The standard InChI is InChI=1S/C19H16BrN3O4/c1-10(24)22-16-5-2-11(6-17(16)25)8-21-9-15-14-7-12(20)3-4-13(14)18(26)23-19(15)27/h2-7,9,25H,8H2,1H3,(H,22,24)(H2,23,26,27). The van der Waals surface area contributed by atoms with E-state index in [4.69, 9.17) is 0 Å². The van der Waals surface area contributed by atoms with E-state index in [-0.39, 0.29) is 29.6 Å². The first-order valence-corrected chi connectivity index (χ1v) is 8.78. The normalized spacial score (nSPS) is 11.2. The first-order chi connectivity index (χ1) is 12.8. The summed E-state index contributed by atoms with van der Waals surface area (Å²) in [6.07, 6.45) is 1.47. The van der Waals surface area contributed by atoms with Crippen molar-refractivity contribution >= 4 is 44.5 Å². The minimum atomic E-state index is -0.384. The van der Waals surface area contributed by atoms with Crippen molar-refractivity contribution in [3.05, 3.63) is 62.4 Å². The molecule has 0 radical (unpaired) electrons. The molecule has 8 heteroatoms. The van der Waals surface area contributed by atoms with E-state index in [1.165, 1.54) is 19.2 Å². The summed E-state index contributed by atoms with van der Waals surface area (Å²) in [5.41, 5.74) is 1.05. The van der Waals surface area contributed by atoms with Crippen molar-refractivity contribution in [2.45, 2.75) is 13.5 Å². The van der Waals surface area contributed by atoms with Gasteiger partial charge in [-0.25, -0.2) is 0 Å². The van der Waals surface area contributed by atoms with Crippen molar-refractivity contribution < 1.29 is 15.0 Å². The third-order valence-corrected chi connectivity index (χ3v) is 4.36. The summed E-state index contributed by atoms with van der Waals surface area (Å²) < 4.78 is 0.771. The Labute approximate surface area is 162 Å². The van der Waals surface area contributed by atoms with Gasteiger partial charge in [0, 0.05) is 28.4 Å². The van der Waals surface area contributed by atoms with Crippen LogP contribution >= 0.6 is 15.9 Å². The largest absolute Gasteiger partial charge is 0.506 e. The average molecular weight is 430 g/mol. The van der Waals surface area contributed by atoms with Crippen LogP contribution in [0.5, 0.6) is 11.6 Å². The molecule has 3 rings (SSSR count). The number of hydrogen-bond donors (Lipinski definition) is 4. The van der Waals surface area contributed by atoms with E-state index >= 15 is 0 Å². The number of carbonyl (C=O) groups excluding carboxylic acids is 1. The van der Waals surface area contributed by atoms with E-state index in [1.807, 2.05) is 0 Å². The third-order valence-electron chi connectivity index (χ3n) is 3.87. The number of fused-ring (bicyclic) bond motifs is 1. The number of aliphatic imine (C=N–C) groups is 1. The molecule has 0 bridgehead atoms. The number of carbonyl (C=O) groups is 1. The van der Waals surface area contributed by atoms with Crippen LogP contribution in [0, 0.1) is 0 Å². The molecule has 0 unspecified atom stereocenters. The lowest BCUT2D eigenvalue weighted by molar-refractivity contribution is -0.114. The number of hydrogen-bond acceptors (Lipinski definition) is 5. The number of rotatable bonds is 4. The van der Waals surface area contributed by atoms with Crippen LogP contribution in [0.25, 0.3) is 10.8 Å². The summed E-state index contributed by atoms with van der Waals surface area (Å²) in [6, 6.07) is 9.96. The molecule has 1 heterocycles. The average Bonchev–Trinajstić information content (AvgIpc) is 2.59. The van der Waals surface area contributed by atoms with Crippen LogP contribution in [0.3, 0.4) is 0 Å². The fourth-order valence-electron chi connectivity index (χ4n) is 2.65. The number of H-pyrrole nitrogens is 1. The van der Waals surface area contributed by atoms with E-state index < -0.39 is 0 Å². The second-order valence-electron chi connectivity index (χ2n) is 5.91. The molecular weight excluding hydrogens is 414 g/mol. The van der Waals surface area contributed by atoms with Crippen LogP contribution in [0.4, 0.5) is 5.69 Å². The second kappa shape index (κ2) is 7.63. The number of aromatic nitrogens is 1. The summed E-state index contributed by atoms with van der Waals surface area (Å²) in [6.45, 7) is 1.60. The van der Waals surface area contributed by atoms with Crippen molar-refractivity contribution in [3.8, 4) is 11.6 Å². The van der Waals surface area contributed by atoms with Gasteiger partial charge in [-0.05, 0) is 35.9 Å². The summed E-state index contributed by atoms with van der Waals surface area (Å²) >= 11 is 3.36. The minimum absolute atomic E-state index is 0.0563. The van der Waals surface area contributed by atoms with Gasteiger partial charge >= 0.3 is 0 Å². The van der Waals surface area contributed by atoms with E-state index in [0.29, 0.717) is 27.6 Å². The molecule has 27 heavy (non-hydrogen) atoms. The number of amides is 1. The maximum absolute atomic E-state index is 12.0. The molecule has 0 aliphatic heterocycles. The molecular formula is C19H16BrN3O4. The fraction of sp³-hybridized carbons (Fsp3) is 0.105. The summed E-state index contributed by atoms with van der Waals surface area (Å²) in [7, 11) is 0. The highest BCUT2D eigenvalue weighted by Crippen LogP contribution is 2.26. The van der Waals surface area contributed by atoms with Crippen LogP contribution in [-0.2, 0) is 11.3 Å². The number of aromatic amines is 1. The molecule has 4 N–H and O–H groups in total. The summed E-state index contributed by atoms with van der Waals surface area (Å²) in [4.78, 5) is 29.7. The van der Waals surface area contributed by atoms with Crippen LogP contribution in [0.1, 0.15) is 18.1 Å². The van der Waals surface area contributed by atoms with E-state index in [9.17, 15) is 19.8 Å². The highest BCUT2D eigenvalue weighted by Gasteiger charge is 2.10. The Morgan fingerprint density at radius 1 is 1.22 bits per heavy atom. The monoisotopic (exact) mass is 429 g/mol. The molecule has 138 valence electrons. The Bertz CT molecular complexity index is 1120. The number of benzene rings is 2. The zero-order valence-electron chi connectivity index (χ0n) is 14.3. The molecule has 0 fully saturated rings. The predicted octanol–water partition coefficient (Wildman–Crippen LogP) is 3.28. The highest BCUT2D eigenvalue weighted by atomic mass is 79.9. The van der Waals surface area contributed by atoms with Gasteiger partial charge in [0.1, 0.15) is 5.75 Å². The van der Waals surface area contributed by atoms with Gasteiger partial charge in [0.25, 0.3) is 5.56 Å². The van der Waals surface area contributed by atoms with Crippen molar-refractivity contribution in [1.82, 2.24) is 4.98 Å². The first kappa shape index (κ1) is 18.7. The van der Waals surface area contributed by atoms with Crippen molar-refractivity contribution in [2.75, 3.05) is 5.32 Å². The minimum Gasteiger partial charge on any atom is -0.506 e. The number of halogens is 1. The maximum atomic E-state index is 12.0. The molecule has 0 saturated carbocycles. The van der Waals surface area contributed by atoms with E-state index in [1.54, 1.807) is 30.3 Å². The summed E-state index contributed by atoms with van der Waals surface area (Å²) in [5, 5.41) is 23.6. The van der Waals surface area contributed by atoms with Crippen molar-refractivity contribution in [3.63, 3.8) is 0 Å². The second-order valence-corrected chi connectivity index (χ2v) is 6.82. The topological polar surface area (TPSA) is 115 Å². The Morgan fingerprint density at radius 3 is 2.70 bits per heavy atom. The van der Waals surface area contributed by atoms with Gasteiger partial charge in [-0.15, -0.1) is 0 Å². The van der Waals surface area contributed by atoms with Gasteiger partial charge in [0.2, 0.25) is 11.8 Å². The number of phenols is 1.